The largest absolute Gasteiger partial charge is 0.494 e. The normalized spacial score (nSPS) is 21.9. The van der Waals surface area contributed by atoms with E-state index in [0.717, 1.165) is 175 Å². The lowest BCUT2D eigenvalue weighted by Gasteiger charge is -2.32. The zero-order valence-corrected chi connectivity index (χ0v) is 70.9. The number of nitrogens with zero attached hydrogens (tertiary/aromatic N) is 9. The summed E-state index contributed by atoms with van der Waals surface area (Å²) in [6.07, 6.45) is 21.9. The highest BCUT2D eigenvalue weighted by atomic mass is 79.9. The number of fused-ring (bicyclic) bond motifs is 4. The third-order valence-corrected chi connectivity index (χ3v) is 23.4. The highest BCUT2D eigenvalue weighted by Gasteiger charge is 2.53. The molecule has 4 aromatic heterocycles. The van der Waals surface area contributed by atoms with Gasteiger partial charge in [-0.3, -0.25) is 5.10 Å². The van der Waals surface area contributed by atoms with Gasteiger partial charge in [-0.1, -0.05) is 65.2 Å². The van der Waals surface area contributed by atoms with Gasteiger partial charge in [0.2, 0.25) is 0 Å². The summed E-state index contributed by atoms with van der Waals surface area (Å²) >= 11 is 24.9. The van der Waals surface area contributed by atoms with Crippen LogP contribution in [0.25, 0.3) is 54.8 Å². The van der Waals surface area contributed by atoms with E-state index in [1.807, 2.05) is 110 Å². The van der Waals surface area contributed by atoms with E-state index < -0.39 is 29.5 Å². The first-order valence-electron chi connectivity index (χ1n) is 38.5. The minimum Gasteiger partial charge on any atom is -0.444 e. The van der Waals surface area contributed by atoms with Crippen molar-refractivity contribution in [3.63, 3.8) is 0 Å². The fraction of sp³-hybridized carbons (Fsp3) is 0.556. The van der Waals surface area contributed by atoms with Crippen molar-refractivity contribution < 1.29 is 51.9 Å². The van der Waals surface area contributed by atoms with Gasteiger partial charge in [-0.15, -0.1) is 0 Å². The van der Waals surface area contributed by atoms with E-state index in [1.54, 1.807) is 9.80 Å². The van der Waals surface area contributed by atoms with Crippen LogP contribution in [0.5, 0.6) is 0 Å². The molecule has 0 saturated carbocycles. The topological polar surface area (TPSA) is 206 Å². The SMILES string of the molecule is CC(C)(C)OC(=O)N1CC=C(c2nn(C3CCCCO3)c3ccc(B4OC(C)(C)C(C)(C)O4)cc23)CC1.CC(C)(C)OC(=O)N1CC=C(c2nn(C3CCCCO3)c3ccc(Cl)cc23)CC1.CC1(C)OB(C2=CCCCC2)OC1(C)C.Clc1ccc2c(c1)c(Br)nn2C1CCCCO1.Clc1ccc2n[nH]c(Br)c2c1. The monoisotopic (exact) mass is 1680 g/mol. The maximum Gasteiger partial charge on any atom is 0.494 e. The van der Waals surface area contributed by atoms with E-state index in [9.17, 15) is 9.59 Å². The number of ether oxygens (including phenoxy) is 5. The highest BCUT2D eigenvalue weighted by molar-refractivity contribution is 9.10. The third kappa shape index (κ3) is 19.9. The van der Waals surface area contributed by atoms with Gasteiger partial charge in [-0.05, 0) is 308 Å². The van der Waals surface area contributed by atoms with Crippen LogP contribution in [-0.2, 0) is 42.3 Å². The van der Waals surface area contributed by atoms with Gasteiger partial charge in [0, 0.05) is 82.6 Å². The van der Waals surface area contributed by atoms with Gasteiger partial charge in [-0.2, -0.15) is 20.4 Å². The maximum atomic E-state index is 12.6. The first kappa shape index (κ1) is 82.7. The molecule has 8 aliphatic rings. The predicted molar refractivity (Wildman–Crippen MR) is 441 cm³/mol. The fourth-order valence-electron chi connectivity index (χ4n) is 14.1. The Morgan fingerprint density at radius 3 is 1.36 bits per heavy atom. The van der Waals surface area contributed by atoms with Gasteiger partial charge in [0.1, 0.15) is 20.4 Å². The Morgan fingerprint density at radius 2 is 0.927 bits per heavy atom. The summed E-state index contributed by atoms with van der Waals surface area (Å²) in [7, 11) is -0.546. The lowest BCUT2D eigenvalue weighted by atomic mass is 9.73. The second-order valence-electron chi connectivity index (χ2n) is 33.1. The standard InChI is InChI=1S/C28H40BN3O5.C22H28ClN3O3.C12H21BO2.C12H12BrClN2O.C7H4BrClN2/c1-26(2,3)35-25(33)31-15-13-19(14-16-31)24-21-18-20(29-36-27(4,5)28(6,7)37-29)11-12-22(21)32(30-24)23-10-8-9-17-34-23;1-22(2,3)29-21(27)25-11-9-15(10-12-25)20-17-14-16(23)7-8-18(17)26(24-20)19-6-4-5-13-28-19;1-11(2)12(3,4)15-13(14-11)10-8-6-5-7-9-10;13-12-9-7-8(14)4-5-10(9)16(15-12)11-3-1-2-6-17-11;8-7-5-3-4(9)1-2-6(5)10-11-7/h11-13,18,23H,8-10,14-17H2,1-7H3;7-9,14,19H,4-6,10-13H2,1-3H3;8H,5-7,9H2,1-4H3;4-5,7,11H,1-3,6H2;1-3H,(H,10,11). The number of halogens is 5. The van der Waals surface area contributed by atoms with Crippen LogP contribution in [0, 0.1) is 0 Å². The first-order chi connectivity index (χ1) is 51.6. The number of amides is 2. The summed E-state index contributed by atoms with van der Waals surface area (Å²) in [6, 6.07) is 23.6. The number of carbonyl (C=O) groups excluding carboxylic acids is 2. The molecular weight excluding hydrogens is 1580 g/mol. The second kappa shape index (κ2) is 34.5. The molecule has 109 heavy (non-hydrogen) atoms. The molecule has 11 heterocycles. The molecule has 3 atom stereocenters. The van der Waals surface area contributed by atoms with Crippen molar-refractivity contribution in [1.29, 1.82) is 0 Å². The predicted octanol–water partition coefficient (Wildman–Crippen LogP) is 20.7. The number of hydrogen-bond donors (Lipinski definition) is 1. The molecule has 7 aliphatic heterocycles. The van der Waals surface area contributed by atoms with E-state index in [1.165, 1.54) is 31.2 Å². The third-order valence-electron chi connectivity index (χ3n) is 21.5. The van der Waals surface area contributed by atoms with Crippen LogP contribution in [0.4, 0.5) is 9.59 Å². The minimum absolute atomic E-state index is 0.0383. The van der Waals surface area contributed by atoms with Gasteiger partial charge in [0.05, 0.1) is 55.9 Å². The number of rotatable bonds is 7. The van der Waals surface area contributed by atoms with Crippen molar-refractivity contribution in [1.82, 2.24) is 49.3 Å². The van der Waals surface area contributed by atoms with Crippen LogP contribution >= 0.6 is 66.7 Å². The van der Waals surface area contributed by atoms with E-state index in [0.29, 0.717) is 37.6 Å². The lowest BCUT2D eigenvalue weighted by molar-refractivity contribution is -0.0369. The number of benzene rings is 4. The molecule has 0 bridgehead atoms. The summed E-state index contributed by atoms with van der Waals surface area (Å²) in [5, 5.41) is 27.6. The molecule has 586 valence electrons. The van der Waals surface area contributed by atoms with Crippen molar-refractivity contribution >= 4 is 153 Å². The van der Waals surface area contributed by atoms with Crippen LogP contribution < -0.4 is 5.46 Å². The molecule has 8 aromatic rings. The Morgan fingerprint density at radius 1 is 0.505 bits per heavy atom. The van der Waals surface area contributed by atoms with Crippen molar-refractivity contribution in [3.05, 3.63) is 132 Å². The number of hydrogen-bond acceptors (Lipinski definition) is 15. The second-order valence-corrected chi connectivity index (χ2v) is 36.0. The van der Waals surface area contributed by atoms with Crippen molar-refractivity contribution in [2.24, 2.45) is 0 Å². The molecule has 5 saturated heterocycles. The molecule has 1 N–H and O–H groups in total. The van der Waals surface area contributed by atoms with Crippen LogP contribution in [0.2, 0.25) is 15.1 Å². The van der Waals surface area contributed by atoms with E-state index >= 15 is 0 Å². The smallest absolute Gasteiger partial charge is 0.444 e. The number of aromatic nitrogens is 8. The van der Waals surface area contributed by atoms with Gasteiger partial charge in [0.15, 0.2) is 18.7 Å². The Balaban J connectivity index is 0.000000136. The van der Waals surface area contributed by atoms with Crippen molar-refractivity contribution in [2.75, 3.05) is 46.0 Å². The molecule has 0 radical (unpaired) electrons. The molecule has 3 unspecified atom stereocenters. The molecule has 4 aromatic carbocycles. The van der Waals surface area contributed by atoms with Crippen LogP contribution in [0.3, 0.4) is 0 Å². The quantitative estimate of drug-likeness (QED) is 0.147. The Bertz CT molecular complexity index is 4620. The number of aromatic amines is 1. The molecule has 5 fully saturated rings. The van der Waals surface area contributed by atoms with Crippen LogP contribution in [-0.4, -0.2) is 155 Å². The van der Waals surface area contributed by atoms with Crippen LogP contribution in [0.15, 0.2) is 106 Å². The summed E-state index contributed by atoms with van der Waals surface area (Å²) in [5.41, 5.74) is 8.28. The van der Waals surface area contributed by atoms with Crippen molar-refractivity contribution in [3.8, 4) is 0 Å². The first-order valence-corrected chi connectivity index (χ1v) is 41.3. The average Bonchev–Trinajstić information content (AvgIpc) is 1.62. The molecule has 28 heteroatoms. The van der Waals surface area contributed by atoms with Gasteiger partial charge in [0.25, 0.3) is 0 Å². The molecule has 1 aliphatic carbocycles. The number of allylic oxidation sites excluding steroid dienone is 2. The zero-order chi connectivity index (χ0) is 78.0. The van der Waals surface area contributed by atoms with Crippen molar-refractivity contribution in [2.45, 2.75) is 246 Å². The zero-order valence-electron chi connectivity index (χ0n) is 65.5. The molecule has 16 rings (SSSR count). The van der Waals surface area contributed by atoms with Gasteiger partial charge in [-0.25, -0.2) is 23.6 Å². The summed E-state index contributed by atoms with van der Waals surface area (Å²) in [4.78, 5) is 28.4. The average molecular weight is 1680 g/mol. The lowest BCUT2D eigenvalue weighted by Crippen LogP contribution is -2.41. The van der Waals surface area contributed by atoms with Crippen LogP contribution in [0.1, 0.15) is 223 Å². The number of H-pyrrole nitrogens is 1. The Kier molecular flexibility index (Phi) is 26.2. The minimum atomic E-state index is -0.514. The van der Waals surface area contributed by atoms with Gasteiger partial charge >= 0.3 is 26.4 Å². The molecule has 21 nitrogen and oxygen atoms in total. The summed E-state index contributed by atoms with van der Waals surface area (Å²) in [6.45, 7) is 32.5. The Labute approximate surface area is 673 Å². The van der Waals surface area contributed by atoms with Gasteiger partial charge < -0.3 is 52.1 Å². The summed E-state index contributed by atoms with van der Waals surface area (Å²) in [5.74, 6) is 0. The molecule has 2 amide bonds. The fourth-order valence-corrected chi connectivity index (χ4v) is 15.5. The molecule has 0 spiro atoms. The van der Waals surface area contributed by atoms with E-state index in [-0.39, 0.29) is 49.2 Å². The number of carbonyl (C=O) groups is 2. The van der Waals surface area contributed by atoms with E-state index in [2.05, 4.69) is 139 Å². The Hall–Kier alpha value is -5.80. The highest BCUT2D eigenvalue weighted by Crippen LogP contribution is 2.43. The maximum absolute atomic E-state index is 12.6. The summed E-state index contributed by atoms with van der Waals surface area (Å²) < 4.78 is 61.3. The molecular formula is C81H105B2Br2Cl3N10O11. The number of nitrogens with one attached hydrogen (secondary N) is 1. The van der Waals surface area contributed by atoms with E-state index in [4.69, 9.17) is 87.3 Å².